The van der Waals surface area contributed by atoms with Gasteiger partial charge in [0.15, 0.2) is 11.5 Å². The van der Waals surface area contributed by atoms with Crippen molar-refractivity contribution in [1.29, 1.82) is 0 Å². The molecule has 0 fully saturated rings. The Morgan fingerprint density at radius 1 is 1.32 bits per heavy atom. The molecule has 2 rings (SSSR count). The average Bonchev–Trinajstić information content (AvgIpc) is 2.86. The zero-order chi connectivity index (χ0) is 14.2. The number of carbonyl (C=O) groups is 1. The lowest BCUT2D eigenvalue weighted by atomic mass is 9.99. The van der Waals surface area contributed by atoms with Crippen LogP contribution < -0.4 is 4.74 Å². The van der Waals surface area contributed by atoms with E-state index in [4.69, 9.17) is 14.4 Å². The number of methoxy groups -OCH3 is 1. The highest BCUT2D eigenvalue weighted by atomic mass is 16.5. The van der Waals surface area contributed by atoms with Crippen LogP contribution in [0.5, 0.6) is 11.5 Å². The third-order valence-electron chi connectivity index (χ3n) is 3.05. The monoisotopic (exact) mass is 263 g/mol. The van der Waals surface area contributed by atoms with Gasteiger partial charge in [-0.25, -0.2) is 4.79 Å². The number of phenolic OH excluding ortho intramolecular Hbond substituents is 1. The van der Waals surface area contributed by atoms with E-state index < -0.39 is 5.97 Å². The second-order valence-corrected chi connectivity index (χ2v) is 4.11. The number of ether oxygens (including phenoxy) is 1. The van der Waals surface area contributed by atoms with Gasteiger partial charge >= 0.3 is 5.97 Å². The molecule has 0 saturated carbocycles. The summed E-state index contributed by atoms with van der Waals surface area (Å²) in [6.45, 7) is 3.55. The number of carboxylic acid groups (broad SMARTS) is 1. The van der Waals surface area contributed by atoms with Gasteiger partial charge in [-0.1, -0.05) is 5.16 Å². The number of benzene rings is 1. The molecule has 0 radical (unpaired) electrons. The van der Waals surface area contributed by atoms with Gasteiger partial charge in [0.05, 0.1) is 7.11 Å². The summed E-state index contributed by atoms with van der Waals surface area (Å²) >= 11 is 0. The Balaban J connectivity index is 2.61. The minimum absolute atomic E-state index is 0.0608. The van der Waals surface area contributed by atoms with Crippen molar-refractivity contribution in [3.05, 3.63) is 29.0 Å². The van der Waals surface area contributed by atoms with E-state index in [9.17, 15) is 9.90 Å². The molecule has 0 aliphatic rings. The van der Waals surface area contributed by atoms with Gasteiger partial charge in [-0.2, -0.15) is 0 Å². The Kier molecular flexibility index (Phi) is 3.16. The summed E-state index contributed by atoms with van der Waals surface area (Å²) in [5.41, 5.74) is 2.47. The van der Waals surface area contributed by atoms with E-state index >= 15 is 0 Å². The second-order valence-electron chi connectivity index (χ2n) is 4.11. The van der Waals surface area contributed by atoms with Crippen LogP contribution in [0, 0.1) is 13.8 Å². The Hall–Kier alpha value is -2.50. The van der Waals surface area contributed by atoms with Crippen LogP contribution in [-0.2, 0) is 0 Å². The fourth-order valence-corrected chi connectivity index (χ4v) is 1.80. The Morgan fingerprint density at radius 2 is 2.00 bits per heavy atom. The van der Waals surface area contributed by atoms with E-state index in [1.165, 1.54) is 13.2 Å². The van der Waals surface area contributed by atoms with E-state index in [0.29, 0.717) is 22.6 Å². The topological polar surface area (TPSA) is 92.8 Å². The molecule has 1 aromatic heterocycles. The Bertz CT molecular complexity index is 645. The molecule has 0 atom stereocenters. The average molecular weight is 263 g/mol. The van der Waals surface area contributed by atoms with Gasteiger partial charge in [-0.05, 0) is 31.0 Å². The van der Waals surface area contributed by atoms with Crippen LogP contribution in [0.3, 0.4) is 0 Å². The van der Waals surface area contributed by atoms with E-state index in [2.05, 4.69) is 5.16 Å². The first kappa shape index (κ1) is 12.9. The minimum Gasteiger partial charge on any atom is -0.504 e. The predicted molar refractivity (Wildman–Crippen MR) is 66.6 cm³/mol. The van der Waals surface area contributed by atoms with Gasteiger partial charge in [0.1, 0.15) is 5.69 Å². The van der Waals surface area contributed by atoms with Crippen molar-refractivity contribution in [3.8, 4) is 22.8 Å². The van der Waals surface area contributed by atoms with E-state index in [1.54, 1.807) is 19.9 Å². The number of hydrogen-bond donors (Lipinski definition) is 2. The lowest BCUT2D eigenvalue weighted by molar-refractivity contribution is 0.0652. The van der Waals surface area contributed by atoms with Gasteiger partial charge < -0.3 is 19.5 Å². The second kappa shape index (κ2) is 4.64. The van der Waals surface area contributed by atoms with Crippen LogP contribution in [0.1, 0.15) is 21.7 Å². The molecule has 6 heteroatoms. The predicted octanol–water partition coefficient (Wildman–Crippen LogP) is 2.37. The SMILES string of the molecule is COc1cc(-c2cc(C(=O)O)on2)c(C)c(C)c1O. The first-order valence-electron chi connectivity index (χ1n) is 5.53. The lowest BCUT2D eigenvalue weighted by Gasteiger charge is -2.12. The molecule has 0 saturated heterocycles. The summed E-state index contributed by atoms with van der Waals surface area (Å²) in [6, 6.07) is 2.93. The summed E-state index contributed by atoms with van der Waals surface area (Å²) in [5, 5.41) is 22.4. The number of aromatic hydroxyl groups is 1. The van der Waals surface area contributed by atoms with Crippen LogP contribution in [0.2, 0.25) is 0 Å². The van der Waals surface area contributed by atoms with Gasteiger partial charge in [0, 0.05) is 11.6 Å². The van der Waals surface area contributed by atoms with Crippen molar-refractivity contribution in [2.24, 2.45) is 0 Å². The number of aromatic nitrogens is 1. The van der Waals surface area contributed by atoms with Crippen molar-refractivity contribution in [1.82, 2.24) is 5.16 Å². The largest absolute Gasteiger partial charge is 0.504 e. The summed E-state index contributed by atoms with van der Waals surface area (Å²) in [4.78, 5) is 10.8. The first-order chi connectivity index (χ1) is 8.95. The van der Waals surface area contributed by atoms with Crippen molar-refractivity contribution in [2.45, 2.75) is 13.8 Å². The molecule has 0 aliphatic carbocycles. The zero-order valence-corrected chi connectivity index (χ0v) is 10.7. The standard InChI is InChI=1S/C13H13NO5/c1-6-7(2)12(15)10(18-3)4-8(6)9-5-11(13(16)17)19-14-9/h4-5,15H,1-3H3,(H,16,17). The summed E-state index contributed by atoms with van der Waals surface area (Å²) in [5.74, 6) is -1.05. The van der Waals surface area contributed by atoms with Gasteiger partial charge in [0.25, 0.3) is 0 Å². The van der Waals surface area contributed by atoms with Gasteiger partial charge in [0.2, 0.25) is 5.76 Å². The summed E-state index contributed by atoms with van der Waals surface area (Å²) in [7, 11) is 1.44. The molecule has 0 bridgehead atoms. The number of aromatic carboxylic acids is 1. The number of rotatable bonds is 3. The fourth-order valence-electron chi connectivity index (χ4n) is 1.80. The maximum atomic E-state index is 10.8. The van der Waals surface area contributed by atoms with Crippen molar-refractivity contribution >= 4 is 5.97 Å². The minimum atomic E-state index is -1.18. The molecule has 0 amide bonds. The third-order valence-corrected chi connectivity index (χ3v) is 3.05. The smallest absolute Gasteiger partial charge is 0.374 e. The molecule has 100 valence electrons. The van der Waals surface area contributed by atoms with Crippen molar-refractivity contribution in [3.63, 3.8) is 0 Å². The van der Waals surface area contributed by atoms with Crippen LogP contribution in [-0.4, -0.2) is 28.4 Å². The highest BCUT2D eigenvalue weighted by Gasteiger charge is 2.18. The van der Waals surface area contributed by atoms with Gasteiger partial charge in [-0.15, -0.1) is 0 Å². The molecule has 2 N–H and O–H groups in total. The number of nitrogens with zero attached hydrogens (tertiary/aromatic N) is 1. The quantitative estimate of drug-likeness (QED) is 0.883. The van der Waals surface area contributed by atoms with Crippen LogP contribution in [0.15, 0.2) is 16.7 Å². The summed E-state index contributed by atoms with van der Waals surface area (Å²) < 4.78 is 9.80. The summed E-state index contributed by atoms with van der Waals surface area (Å²) in [6.07, 6.45) is 0. The maximum Gasteiger partial charge on any atom is 0.374 e. The van der Waals surface area contributed by atoms with Crippen LogP contribution in [0.4, 0.5) is 0 Å². The molecule has 0 aliphatic heterocycles. The molecule has 0 spiro atoms. The van der Waals surface area contributed by atoms with Crippen LogP contribution in [0.25, 0.3) is 11.3 Å². The molecule has 0 unspecified atom stereocenters. The van der Waals surface area contributed by atoms with Crippen LogP contribution >= 0.6 is 0 Å². The number of hydrogen-bond acceptors (Lipinski definition) is 5. The highest BCUT2D eigenvalue weighted by molar-refractivity contribution is 5.86. The molecule has 19 heavy (non-hydrogen) atoms. The molecule has 1 aromatic carbocycles. The lowest BCUT2D eigenvalue weighted by Crippen LogP contribution is -1.93. The number of phenols is 1. The molecule has 6 nitrogen and oxygen atoms in total. The third kappa shape index (κ3) is 2.12. The van der Waals surface area contributed by atoms with E-state index in [1.807, 2.05) is 0 Å². The molecular formula is C13H13NO5. The van der Waals surface area contributed by atoms with E-state index in [-0.39, 0.29) is 11.5 Å². The normalized spacial score (nSPS) is 10.5. The van der Waals surface area contributed by atoms with Crippen molar-refractivity contribution < 1.29 is 24.3 Å². The maximum absolute atomic E-state index is 10.8. The highest BCUT2D eigenvalue weighted by Crippen LogP contribution is 2.38. The molecular weight excluding hydrogens is 250 g/mol. The number of carboxylic acids is 1. The Morgan fingerprint density at radius 3 is 2.53 bits per heavy atom. The van der Waals surface area contributed by atoms with Gasteiger partial charge in [-0.3, -0.25) is 0 Å². The molecule has 2 aromatic rings. The zero-order valence-electron chi connectivity index (χ0n) is 10.7. The first-order valence-corrected chi connectivity index (χ1v) is 5.53. The molecule has 1 heterocycles. The fraction of sp³-hybridized carbons (Fsp3) is 0.231. The Labute approximate surface area is 109 Å². The van der Waals surface area contributed by atoms with Crippen molar-refractivity contribution in [2.75, 3.05) is 7.11 Å². The van der Waals surface area contributed by atoms with E-state index in [0.717, 1.165) is 5.56 Å².